The van der Waals surface area contributed by atoms with E-state index in [0.717, 1.165) is 45.3 Å². The molecular formula is C42H34CuN4. The van der Waals surface area contributed by atoms with Gasteiger partial charge in [-0.1, -0.05) is 170 Å². The summed E-state index contributed by atoms with van der Waals surface area (Å²) >= 11 is 0. The number of hydrogen-bond donors (Lipinski definition) is 0. The van der Waals surface area contributed by atoms with Crippen molar-refractivity contribution in [2.24, 2.45) is 9.98 Å². The van der Waals surface area contributed by atoms with E-state index in [1.54, 1.807) is 12.4 Å². The third kappa shape index (κ3) is 11.9. The summed E-state index contributed by atoms with van der Waals surface area (Å²) in [5.41, 5.74) is 7.61. The van der Waals surface area contributed by atoms with Gasteiger partial charge < -0.3 is 10.6 Å². The van der Waals surface area contributed by atoms with E-state index in [1.165, 1.54) is 0 Å². The number of hydrogen-bond acceptors (Lipinski definition) is 2. The van der Waals surface area contributed by atoms with Crippen molar-refractivity contribution in [1.29, 1.82) is 0 Å². The molecule has 0 N–H and O–H groups in total. The molecular weight excluding hydrogens is 624 g/mol. The molecule has 0 aliphatic rings. The van der Waals surface area contributed by atoms with Gasteiger partial charge in [0.05, 0.1) is 11.4 Å². The van der Waals surface area contributed by atoms with Gasteiger partial charge in [0, 0.05) is 12.4 Å². The summed E-state index contributed by atoms with van der Waals surface area (Å²) in [4.78, 5) is 8.90. The zero-order chi connectivity index (χ0) is 31.5. The zero-order valence-corrected chi connectivity index (χ0v) is 26.7. The normalized spacial score (nSPS) is 11.3. The standard InChI is InChI=1S/2C21H17N2.Cu/c2*1-4-10-18(11-5-1)21(23-20-14-8-3-9-15-20)16-17-22-19-12-6-2-7-13-19;/h2*1-17H;/q2*-1;+2/b2*21-16-,22-17?;. The maximum absolute atomic E-state index is 4.73. The van der Waals surface area contributed by atoms with Gasteiger partial charge in [-0.05, 0) is 35.4 Å². The van der Waals surface area contributed by atoms with Crippen LogP contribution in [0.2, 0.25) is 0 Å². The van der Waals surface area contributed by atoms with Crippen LogP contribution in [0.4, 0.5) is 22.7 Å². The Hall–Kier alpha value is -5.74. The zero-order valence-electron chi connectivity index (χ0n) is 25.7. The van der Waals surface area contributed by atoms with Crippen LogP contribution in [0, 0.1) is 0 Å². The number of aliphatic imine (C=N–C) groups is 2. The number of para-hydroxylation sites is 4. The molecule has 0 fully saturated rings. The fourth-order valence-electron chi connectivity index (χ4n) is 4.31. The van der Waals surface area contributed by atoms with E-state index in [4.69, 9.17) is 10.6 Å². The molecule has 6 aromatic carbocycles. The Balaban J connectivity index is 0.000000208. The van der Waals surface area contributed by atoms with Crippen LogP contribution in [0.5, 0.6) is 0 Å². The Kier molecular flexibility index (Phi) is 14.2. The summed E-state index contributed by atoms with van der Waals surface area (Å²) < 4.78 is 0. The minimum absolute atomic E-state index is 0. The summed E-state index contributed by atoms with van der Waals surface area (Å²) in [7, 11) is 0. The molecule has 0 bridgehead atoms. The van der Waals surface area contributed by atoms with Crippen molar-refractivity contribution in [3.63, 3.8) is 0 Å². The van der Waals surface area contributed by atoms with Crippen LogP contribution in [0.3, 0.4) is 0 Å². The molecule has 0 atom stereocenters. The molecule has 0 unspecified atom stereocenters. The summed E-state index contributed by atoms with van der Waals surface area (Å²) in [5.74, 6) is 0. The maximum atomic E-state index is 4.73. The number of rotatable bonds is 10. The number of allylic oxidation sites excluding steroid dienone is 2. The summed E-state index contributed by atoms with van der Waals surface area (Å²) in [6.07, 6.45) is 7.47. The van der Waals surface area contributed by atoms with Gasteiger partial charge in [-0.25, -0.2) is 0 Å². The first-order chi connectivity index (χ1) is 22.8. The summed E-state index contributed by atoms with van der Waals surface area (Å²) in [6, 6.07) is 59.9. The third-order valence-electron chi connectivity index (χ3n) is 6.58. The second-order valence-electron chi connectivity index (χ2n) is 9.96. The second kappa shape index (κ2) is 19.6. The quantitative estimate of drug-likeness (QED) is 0.104. The fourth-order valence-corrected chi connectivity index (χ4v) is 4.31. The first kappa shape index (κ1) is 34.1. The van der Waals surface area contributed by atoms with Gasteiger partial charge in [0.25, 0.3) is 0 Å². The van der Waals surface area contributed by atoms with Gasteiger partial charge in [-0.15, -0.1) is 22.8 Å². The average molecular weight is 658 g/mol. The summed E-state index contributed by atoms with van der Waals surface area (Å²) in [6.45, 7) is 0. The monoisotopic (exact) mass is 657 g/mol. The van der Waals surface area contributed by atoms with Crippen LogP contribution in [-0.4, -0.2) is 12.4 Å². The Bertz CT molecular complexity index is 1700. The Morgan fingerprint density at radius 3 is 0.957 bits per heavy atom. The molecule has 0 aromatic heterocycles. The topological polar surface area (TPSA) is 52.9 Å². The van der Waals surface area contributed by atoms with E-state index in [2.05, 4.69) is 34.3 Å². The van der Waals surface area contributed by atoms with Crippen molar-refractivity contribution in [2.75, 3.05) is 0 Å². The number of benzene rings is 6. The van der Waals surface area contributed by atoms with E-state index in [1.807, 2.05) is 170 Å². The van der Waals surface area contributed by atoms with E-state index >= 15 is 0 Å². The van der Waals surface area contributed by atoms with Gasteiger partial charge in [0.15, 0.2) is 0 Å². The van der Waals surface area contributed by atoms with Gasteiger partial charge in [0.2, 0.25) is 0 Å². The van der Waals surface area contributed by atoms with Crippen LogP contribution < -0.4 is 0 Å². The first-order valence-electron chi connectivity index (χ1n) is 15.1. The Labute approximate surface area is 288 Å². The third-order valence-corrected chi connectivity index (χ3v) is 6.58. The Morgan fingerprint density at radius 2 is 0.638 bits per heavy atom. The SMILES string of the molecule is C(/C=C(\[N-]c1ccccc1)c1ccccc1)=Nc1ccccc1.C(/C=C(\[N-]c1ccccc1)c1ccccc1)=Nc1ccccc1.[Cu+2]. The molecule has 1 radical (unpaired) electrons. The molecule has 0 aliphatic carbocycles. The summed E-state index contributed by atoms with van der Waals surface area (Å²) in [5, 5.41) is 9.46. The Morgan fingerprint density at radius 1 is 0.362 bits per heavy atom. The average Bonchev–Trinajstić information content (AvgIpc) is 3.14. The van der Waals surface area contributed by atoms with Crippen molar-refractivity contribution < 1.29 is 17.1 Å². The molecule has 233 valence electrons. The van der Waals surface area contributed by atoms with Crippen molar-refractivity contribution >= 4 is 46.6 Å². The van der Waals surface area contributed by atoms with Gasteiger partial charge in [-0.2, -0.15) is 0 Å². The second-order valence-corrected chi connectivity index (χ2v) is 9.96. The van der Waals surface area contributed by atoms with Gasteiger partial charge >= 0.3 is 17.1 Å². The molecule has 0 saturated carbocycles. The molecule has 47 heavy (non-hydrogen) atoms. The molecule has 0 aliphatic heterocycles. The molecule has 6 aromatic rings. The van der Waals surface area contributed by atoms with Gasteiger partial charge in [0.1, 0.15) is 0 Å². The van der Waals surface area contributed by atoms with Crippen molar-refractivity contribution in [3.8, 4) is 0 Å². The van der Waals surface area contributed by atoms with Crippen molar-refractivity contribution in [3.05, 3.63) is 216 Å². The molecule has 0 heterocycles. The molecule has 0 spiro atoms. The molecule has 0 saturated heterocycles. The minimum atomic E-state index is 0. The molecule has 6 rings (SSSR count). The minimum Gasteiger partial charge on any atom is -0.657 e. The first-order valence-corrected chi connectivity index (χ1v) is 15.1. The van der Waals surface area contributed by atoms with Gasteiger partial charge in [-0.3, -0.25) is 9.98 Å². The van der Waals surface area contributed by atoms with E-state index in [-0.39, 0.29) is 17.1 Å². The van der Waals surface area contributed by atoms with Crippen LogP contribution >= 0.6 is 0 Å². The largest absolute Gasteiger partial charge is 2.00 e. The van der Waals surface area contributed by atoms with Crippen LogP contribution in [0.15, 0.2) is 204 Å². The predicted octanol–water partition coefficient (Wildman–Crippen LogP) is 12.3. The smallest absolute Gasteiger partial charge is 0.657 e. The van der Waals surface area contributed by atoms with Crippen molar-refractivity contribution in [1.82, 2.24) is 0 Å². The molecule has 0 amide bonds. The molecule has 5 heteroatoms. The number of nitrogens with zero attached hydrogens (tertiary/aromatic N) is 4. The maximum Gasteiger partial charge on any atom is 2.00 e. The van der Waals surface area contributed by atoms with E-state index in [0.29, 0.717) is 0 Å². The fraction of sp³-hybridized carbons (Fsp3) is 0. The van der Waals surface area contributed by atoms with E-state index < -0.39 is 0 Å². The molecule has 4 nitrogen and oxygen atoms in total. The van der Waals surface area contributed by atoms with Crippen LogP contribution in [0.25, 0.3) is 22.0 Å². The van der Waals surface area contributed by atoms with Crippen LogP contribution in [0.1, 0.15) is 11.1 Å². The van der Waals surface area contributed by atoms with Crippen LogP contribution in [-0.2, 0) is 17.1 Å². The van der Waals surface area contributed by atoms with Crippen molar-refractivity contribution in [2.45, 2.75) is 0 Å². The predicted molar refractivity (Wildman–Crippen MR) is 197 cm³/mol. The van der Waals surface area contributed by atoms with E-state index in [9.17, 15) is 0 Å².